The molecule has 6 nitrogen and oxygen atoms in total. The molecule has 6 heteroatoms. The van der Waals surface area contributed by atoms with Crippen LogP contribution in [0.1, 0.15) is 0 Å². The minimum atomic E-state index is 0.557. The van der Waals surface area contributed by atoms with Crippen molar-refractivity contribution in [2.24, 2.45) is 5.73 Å². The highest BCUT2D eigenvalue weighted by Crippen LogP contribution is 2.21. The molecular weight excluding hydrogens is 240 g/mol. The van der Waals surface area contributed by atoms with Crippen LogP contribution >= 0.6 is 0 Å². The van der Waals surface area contributed by atoms with Gasteiger partial charge in [0.15, 0.2) is 0 Å². The van der Waals surface area contributed by atoms with Crippen molar-refractivity contribution in [1.82, 2.24) is 19.9 Å². The first-order valence-electron chi connectivity index (χ1n) is 6.06. The molecule has 3 aromatic rings. The van der Waals surface area contributed by atoms with E-state index in [0.717, 1.165) is 22.2 Å². The Balaban J connectivity index is 1.88. The lowest BCUT2D eigenvalue weighted by Crippen LogP contribution is -2.14. The number of H-pyrrole nitrogens is 1. The van der Waals surface area contributed by atoms with Crippen LogP contribution in [0, 0.1) is 0 Å². The number of imidazole rings is 1. The van der Waals surface area contributed by atoms with Gasteiger partial charge in [-0.15, -0.1) is 0 Å². The lowest BCUT2D eigenvalue weighted by Gasteiger charge is -2.04. The third-order valence-corrected chi connectivity index (χ3v) is 2.83. The number of aromatic amines is 1. The summed E-state index contributed by atoms with van der Waals surface area (Å²) in [6.45, 7) is 1.22. The lowest BCUT2D eigenvalue weighted by atomic mass is 10.1. The molecule has 0 bridgehead atoms. The lowest BCUT2D eigenvalue weighted by molar-refractivity contribution is 0.990. The number of fused-ring (bicyclic) bond motifs is 1. The summed E-state index contributed by atoms with van der Waals surface area (Å²) in [4.78, 5) is 15.8. The van der Waals surface area contributed by atoms with Gasteiger partial charge in [-0.3, -0.25) is 0 Å². The minimum Gasteiger partial charge on any atom is -0.353 e. The Morgan fingerprint density at radius 2 is 1.95 bits per heavy atom. The maximum atomic E-state index is 5.41. The SMILES string of the molecule is NCCNc1ncc(-c2ccc3nc[nH]c3c2)cn1. The summed E-state index contributed by atoms with van der Waals surface area (Å²) in [6, 6.07) is 6.02. The average molecular weight is 254 g/mol. The number of nitrogens with two attached hydrogens (primary N) is 1. The molecule has 96 valence electrons. The van der Waals surface area contributed by atoms with E-state index in [4.69, 9.17) is 5.73 Å². The van der Waals surface area contributed by atoms with Crippen LogP contribution < -0.4 is 11.1 Å². The average Bonchev–Trinajstić information content (AvgIpc) is 2.93. The Kier molecular flexibility index (Phi) is 3.07. The van der Waals surface area contributed by atoms with E-state index in [2.05, 4.69) is 25.3 Å². The highest BCUT2D eigenvalue weighted by molar-refractivity contribution is 5.81. The van der Waals surface area contributed by atoms with Crippen molar-refractivity contribution in [2.75, 3.05) is 18.4 Å². The Hall–Kier alpha value is -2.47. The van der Waals surface area contributed by atoms with Crippen molar-refractivity contribution < 1.29 is 0 Å². The van der Waals surface area contributed by atoms with E-state index in [1.54, 1.807) is 18.7 Å². The number of hydrogen-bond donors (Lipinski definition) is 3. The van der Waals surface area contributed by atoms with Crippen LogP contribution in [0.5, 0.6) is 0 Å². The van der Waals surface area contributed by atoms with Crippen molar-refractivity contribution >= 4 is 17.0 Å². The highest BCUT2D eigenvalue weighted by Gasteiger charge is 2.03. The third kappa shape index (κ3) is 2.38. The van der Waals surface area contributed by atoms with Crippen LogP contribution in [0.3, 0.4) is 0 Å². The molecule has 0 aliphatic carbocycles. The molecule has 19 heavy (non-hydrogen) atoms. The molecule has 0 amide bonds. The minimum absolute atomic E-state index is 0.557. The number of benzene rings is 1. The van der Waals surface area contributed by atoms with E-state index in [9.17, 15) is 0 Å². The summed E-state index contributed by atoms with van der Waals surface area (Å²) >= 11 is 0. The van der Waals surface area contributed by atoms with Crippen LogP contribution in [0.25, 0.3) is 22.2 Å². The van der Waals surface area contributed by atoms with Crippen molar-refractivity contribution in [2.45, 2.75) is 0 Å². The van der Waals surface area contributed by atoms with Crippen LogP contribution in [0.4, 0.5) is 5.95 Å². The normalized spacial score (nSPS) is 10.8. The molecule has 3 rings (SSSR count). The van der Waals surface area contributed by atoms with Gasteiger partial charge in [-0.05, 0) is 17.7 Å². The Bertz CT molecular complexity index is 673. The van der Waals surface area contributed by atoms with Gasteiger partial charge in [-0.2, -0.15) is 0 Å². The second-order valence-electron chi connectivity index (χ2n) is 4.15. The first-order chi connectivity index (χ1) is 9.36. The van der Waals surface area contributed by atoms with Gasteiger partial charge in [0.05, 0.1) is 17.4 Å². The van der Waals surface area contributed by atoms with Gasteiger partial charge < -0.3 is 16.0 Å². The molecule has 0 saturated carbocycles. The zero-order valence-electron chi connectivity index (χ0n) is 10.3. The fourth-order valence-electron chi connectivity index (χ4n) is 1.87. The van der Waals surface area contributed by atoms with Crippen LogP contribution in [-0.2, 0) is 0 Å². The topological polar surface area (TPSA) is 92.5 Å². The molecule has 1 aromatic carbocycles. The van der Waals surface area contributed by atoms with Crippen molar-refractivity contribution in [1.29, 1.82) is 0 Å². The second-order valence-corrected chi connectivity index (χ2v) is 4.15. The van der Waals surface area contributed by atoms with Gasteiger partial charge in [0, 0.05) is 31.0 Å². The zero-order valence-corrected chi connectivity index (χ0v) is 10.3. The van der Waals surface area contributed by atoms with E-state index < -0.39 is 0 Å². The largest absolute Gasteiger partial charge is 0.353 e. The fourth-order valence-corrected chi connectivity index (χ4v) is 1.87. The Morgan fingerprint density at radius 1 is 1.11 bits per heavy atom. The second kappa shape index (κ2) is 5.03. The van der Waals surface area contributed by atoms with E-state index in [-0.39, 0.29) is 0 Å². The van der Waals surface area contributed by atoms with Crippen molar-refractivity contribution in [3.8, 4) is 11.1 Å². The Morgan fingerprint density at radius 3 is 2.74 bits per heavy atom. The van der Waals surface area contributed by atoms with E-state index >= 15 is 0 Å². The first-order valence-corrected chi connectivity index (χ1v) is 6.06. The number of nitrogens with one attached hydrogen (secondary N) is 2. The molecule has 0 aliphatic heterocycles. The summed E-state index contributed by atoms with van der Waals surface area (Å²) in [7, 11) is 0. The van der Waals surface area contributed by atoms with E-state index in [1.165, 1.54) is 0 Å². The summed E-state index contributed by atoms with van der Waals surface area (Å²) in [6.07, 6.45) is 5.28. The standard InChI is InChI=1S/C13H14N6/c14-3-4-15-13-16-6-10(7-17-13)9-1-2-11-12(5-9)19-8-18-11/h1-2,5-8H,3-4,14H2,(H,18,19)(H,15,16,17). The van der Waals surface area contributed by atoms with Crippen LogP contribution in [0.15, 0.2) is 36.9 Å². The van der Waals surface area contributed by atoms with Crippen molar-refractivity contribution in [3.05, 3.63) is 36.9 Å². The molecular formula is C13H14N6. The molecule has 0 radical (unpaired) electrons. The van der Waals surface area contributed by atoms with Gasteiger partial charge in [-0.25, -0.2) is 15.0 Å². The molecule has 0 aliphatic rings. The summed E-state index contributed by atoms with van der Waals surface area (Å²) < 4.78 is 0. The number of anilines is 1. The predicted octanol–water partition coefficient (Wildman–Crippen LogP) is 1.39. The first kappa shape index (κ1) is 11.6. The molecule has 2 aromatic heterocycles. The summed E-state index contributed by atoms with van der Waals surface area (Å²) in [5.74, 6) is 0.594. The monoisotopic (exact) mass is 254 g/mol. The van der Waals surface area contributed by atoms with Gasteiger partial charge in [0.2, 0.25) is 5.95 Å². The summed E-state index contributed by atoms with van der Waals surface area (Å²) in [5.41, 5.74) is 9.39. The molecule has 0 spiro atoms. The van der Waals surface area contributed by atoms with Gasteiger partial charge in [0.25, 0.3) is 0 Å². The molecule has 0 unspecified atom stereocenters. The molecule has 0 saturated heterocycles. The zero-order chi connectivity index (χ0) is 13.1. The fraction of sp³-hybridized carbons (Fsp3) is 0.154. The van der Waals surface area contributed by atoms with Gasteiger partial charge >= 0.3 is 0 Å². The predicted molar refractivity (Wildman–Crippen MR) is 74.7 cm³/mol. The molecule has 2 heterocycles. The summed E-state index contributed by atoms with van der Waals surface area (Å²) in [5, 5.41) is 3.04. The number of hydrogen-bond acceptors (Lipinski definition) is 5. The number of nitrogens with zero attached hydrogens (tertiary/aromatic N) is 3. The van der Waals surface area contributed by atoms with E-state index in [1.807, 2.05) is 18.2 Å². The third-order valence-electron chi connectivity index (χ3n) is 2.83. The molecule has 0 fully saturated rings. The smallest absolute Gasteiger partial charge is 0.222 e. The molecule has 4 N–H and O–H groups in total. The number of rotatable bonds is 4. The maximum absolute atomic E-state index is 5.41. The van der Waals surface area contributed by atoms with E-state index in [0.29, 0.717) is 19.0 Å². The van der Waals surface area contributed by atoms with Gasteiger partial charge in [-0.1, -0.05) is 6.07 Å². The highest BCUT2D eigenvalue weighted by atomic mass is 15.1. The maximum Gasteiger partial charge on any atom is 0.222 e. The Labute approximate surface area is 110 Å². The molecule has 0 atom stereocenters. The van der Waals surface area contributed by atoms with Crippen LogP contribution in [0.2, 0.25) is 0 Å². The quantitative estimate of drug-likeness (QED) is 0.654. The van der Waals surface area contributed by atoms with Gasteiger partial charge in [0.1, 0.15) is 0 Å². The van der Waals surface area contributed by atoms with Crippen LogP contribution in [-0.4, -0.2) is 33.0 Å². The van der Waals surface area contributed by atoms with Crippen molar-refractivity contribution in [3.63, 3.8) is 0 Å². The number of aromatic nitrogens is 4.